The van der Waals surface area contributed by atoms with Crippen LogP contribution < -0.4 is 5.32 Å². The van der Waals surface area contributed by atoms with Crippen molar-refractivity contribution in [2.45, 2.75) is 341 Å². The molecule has 0 aromatic carbocycles. The molecular weight excluding hydrogens is 827 g/mol. The number of carbonyl (C=O) groups is 2. The lowest BCUT2D eigenvalue weighted by Crippen LogP contribution is -2.45. The molecule has 0 fully saturated rings. The molecule has 0 bridgehead atoms. The molecule has 3 N–H and O–H groups in total. The number of nitrogens with one attached hydrogen (secondary N) is 1. The van der Waals surface area contributed by atoms with E-state index in [4.69, 9.17) is 4.74 Å². The van der Waals surface area contributed by atoms with E-state index in [-0.39, 0.29) is 18.5 Å². The molecule has 6 nitrogen and oxygen atoms in total. The van der Waals surface area contributed by atoms with Crippen LogP contribution in [0.1, 0.15) is 328 Å². The Morgan fingerprint density at radius 2 is 0.701 bits per heavy atom. The summed E-state index contributed by atoms with van der Waals surface area (Å²) in [4.78, 5) is 24.5. The zero-order valence-electron chi connectivity index (χ0n) is 45.1. The minimum atomic E-state index is -0.671. The number of hydrogen-bond donors (Lipinski definition) is 3. The summed E-state index contributed by atoms with van der Waals surface area (Å²) < 4.78 is 5.46. The summed E-state index contributed by atoms with van der Waals surface area (Å²) in [6.07, 6.45) is 68.9. The highest BCUT2D eigenvalue weighted by atomic mass is 16.5. The Balaban J connectivity index is 3.45. The standard InChI is InChI=1S/C61H117NO5/c1-3-5-7-9-11-13-15-17-18-19-21-24-27-30-33-37-41-45-49-53-59(64)58(57-63)62-60(65)54-50-46-42-38-34-31-28-25-22-20-23-26-29-32-36-40-44-48-52-56-67-61(66)55-51-47-43-39-35-16-14-12-10-8-6-4-2/h12,14,20,22,58-59,63-64H,3-11,13,15-19,21,23-57H2,1-2H3,(H,62,65)/b14-12-,22-20-. The lowest BCUT2D eigenvalue weighted by molar-refractivity contribution is -0.143. The Morgan fingerprint density at radius 1 is 0.403 bits per heavy atom. The van der Waals surface area contributed by atoms with E-state index in [1.165, 1.54) is 250 Å². The fourth-order valence-corrected chi connectivity index (χ4v) is 9.34. The number of rotatable bonds is 56. The predicted octanol–water partition coefficient (Wildman–Crippen LogP) is 18.6. The number of esters is 1. The van der Waals surface area contributed by atoms with E-state index in [0.717, 1.165) is 44.9 Å². The van der Waals surface area contributed by atoms with Gasteiger partial charge in [0.25, 0.3) is 0 Å². The number of allylic oxidation sites excluding steroid dienone is 4. The van der Waals surface area contributed by atoms with Gasteiger partial charge in [0.15, 0.2) is 0 Å². The quantitative estimate of drug-likeness (QED) is 0.0321. The second kappa shape index (κ2) is 56.9. The molecule has 0 aliphatic carbocycles. The highest BCUT2D eigenvalue weighted by molar-refractivity contribution is 5.76. The van der Waals surface area contributed by atoms with Gasteiger partial charge in [-0.25, -0.2) is 0 Å². The van der Waals surface area contributed by atoms with E-state index >= 15 is 0 Å². The molecule has 6 heteroatoms. The SMILES string of the molecule is CCCCC/C=C\CCCCCCCC(=O)OCCCCCCCCCC/C=C\CCCCCCCCCC(=O)NC(CO)C(O)CCCCCCCCCCCCCCCCCCCCC. The first-order valence-corrected chi connectivity index (χ1v) is 30.1. The van der Waals surface area contributed by atoms with Crippen LogP contribution in [0.2, 0.25) is 0 Å². The Hall–Kier alpha value is -1.66. The van der Waals surface area contributed by atoms with Gasteiger partial charge in [-0.2, -0.15) is 0 Å². The minimum absolute atomic E-state index is 0.00577. The van der Waals surface area contributed by atoms with Crippen LogP contribution in [0.5, 0.6) is 0 Å². The fraction of sp³-hybridized carbons (Fsp3) is 0.902. The molecule has 0 saturated heterocycles. The molecule has 0 aromatic rings. The van der Waals surface area contributed by atoms with E-state index in [1.807, 2.05) is 0 Å². The summed E-state index contributed by atoms with van der Waals surface area (Å²) in [5.74, 6) is -0.0479. The van der Waals surface area contributed by atoms with Crippen LogP contribution in [0.15, 0.2) is 24.3 Å². The Bertz CT molecular complexity index is 1040. The maximum atomic E-state index is 12.5. The van der Waals surface area contributed by atoms with E-state index < -0.39 is 12.1 Å². The van der Waals surface area contributed by atoms with E-state index in [0.29, 0.717) is 25.9 Å². The molecule has 0 saturated carbocycles. The lowest BCUT2D eigenvalue weighted by Gasteiger charge is -2.22. The van der Waals surface area contributed by atoms with Crippen molar-refractivity contribution in [3.8, 4) is 0 Å². The summed E-state index contributed by atoms with van der Waals surface area (Å²) in [6, 6.07) is -0.549. The van der Waals surface area contributed by atoms with Gasteiger partial charge in [-0.15, -0.1) is 0 Å². The number of carbonyl (C=O) groups excluding carboxylic acids is 2. The molecule has 0 aliphatic heterocycles. The molecule has 0 aliphatic rings. The second-order valence-corrected chi connectivity index (χ2v) is 20.7. The van der Waals surface area contributed by atoms with Crippen molar-refractivity contribution in [1.82, 2.24) is 5.32 Å². The molecule has 1 amide bonds. The largest absolute Gasteiger partial charge is 0.466 e. The van der Waals surface area contributed by atoms with Gasteiger partial charge in [0, 0.05) is 12.8 Å². The van der Waals surface area contributed by atoms with Gasteiger partial charge < -0.3 is 20.3 Å². The third kappa shape index (κ3) is 53.5. The smallest absolute Gasteiger partial charge is 0.305 e. The van der Waals surface area contributed by atoms with Crippen molar-refractivity contribution in [2.75, 3.05) is 13.2 Å². The zero-order valence-corrected chi connectivity index (χ0v) is 45.1. The third-order valence-electron chi connectivity index (χ3n) is 14.0. The molecule has 0 heterocycles. The van der Waals surface area contributed by atoms with Gasteiger partial charge >= 0.3 is 5.97 Å². The fourth-order valence-electron chi connectivity index (χ4n) is 9.34. The van der Waals surface area contributed by atoms with Crippen LogP contribution in [-0.4, -0.2) is 47.4 Å². The average molecular weight is 945 g/mol. The molecule has 396 valence electrons. The molecule has 0 aromatic heterocycles. The summed E-state index contributed by atoms with van der Waals surface area (Å²) in [5, 5.41) is 23.3. The number of aliphatic hydroxyl groups excluding tert-OH is 2. The molecule has 2 atom stereocenters. The maximum absolute atomic E-state index is 12.5. The van der Waals surface area contributed by atoms with Crippen LogP contribution >= 0.6 is 0 Å². The summed E-state index contributed by atoms with van der Waals surface area (Å²) in [5.41, 5.74) is 0. The third-order valence-corrected chi connectivity index (χ3v) is 14.0. The summed E-state index contributed by atoms with van der Waals surface area (Å²) in [7, 11) is 0. The van der Waals surface area contributed by atoms with Crippen LogP contribution in [-0.2, 0) is 14.3 Å². The number of ether oxygens (including phenoxy) is 1. The first-order chi connectivity index (χ1) is 33.0. The van der Waals surface area contributed by atoms with Crippen LogP contribution in [0.3, 0.4) is 0 Å². The first kappa shape index (κ1) is 65.3. The predicted molar refractivity (Wildman–Crippen MR) is 292 cm³/mol. The van der Waals surface area contributed by atoms with Gasteiger partial charge in [-0.1, -0.05) is 263 Å². The van der Waals surface area contributed by atoms with Gasteiger partial charge in [0.2, 0.25) is 5.91 Å². The molecule has 0 rings (SSSR count). The van der Waals surface area contributed by atoms with Gasteiger partial charge in [-0.05, 0) is 77.0 Å². The number of aliphatic hydroxyl groups is 2. The minimum Gasteiger partial charge on any atom is -0.466 e. The normalized spacial score (nSPS) is 12.7. The van der Waals surface area contributed by atoms with Crippen LogP contribution in [0.4, 0.5) is 0 Å². The Labute approximate surface area is 418 Å². The topological polar surface area (TPSA) is 95.9 Å². The van der Waals surface area contributed by atoms with E-state index in [1.54, 1.807) is 0 Å². The van der Waals surface area contributed by atoms with Crippen molar-refractivity contribution >= 4 is 11.9 Å². The zero-order chi connectivity index (χ0) is 48.6. The van der Waals surface area contributed by atoms with E-state index in [2.05, 4.69) is 43.5 Å². The number of hydrogen-bond acceptors (Lipinski definition) is 5. The molecule has 2 unspecified atom stereocenters. The summed E-state index contributed by atoms with van der Waals surface area (Å²) >= 11 is 0. The van der Waals surface area contributed by atoms with Crippen LogP contribution in [0.25, 0.3) is 0 Å². The second-order valence-electron chi connectivity index (χ2n) is 20.7. The average Bonchev–Trinajstić information content (AvgIpc) is 3.33. The van der Waals surface area contributed by atoms with Gasteiger partial charge in [0.05, 0.1) is 25.4 Å². The molecule has 67 heavy (non-hydrogen) atoms. The first-order valence-electron chi connectivity index (χ1n) is 30.1. The number of amides is 1. The van der Waals surface area contributed by atoms with Crippen molar-refractivity contribution in [3.05, 3.63) is 24.3 Å². The highest BCUT2D eigenvalue weighted by Gasteiger charge is 2.20. The number of unbranched alkanes of at least 4 members (excludes halogenated alkanes) is 41. The Kier molecular flexibility index (Phi) is 55.5. The van der Waals surface area contributed by atoms with Gasteiger partial charge in [0.1, 0.15) is 0 Å². The summed E-state index contributed by atoms with van der Waals surface area (Å²) in [6.45, 7) is 4.93. The van der Waals surface area contributed by atoms with Crippen molar-refractivity contribution < 1.29 is 24.5 Å². The highest BCUT2D eigenvalue weighted by Crippen LogP contribution is 2.17. The van der Waals surface area contributed by atoms with Crippen molar-refractivity contribution in [3.63, 3.8) is 0 Å². The van der Waals surface area contributed by atoms with Crippen molar-refractivity contribution in [2.24, 2.45) is 0 Å². The van der Waals surface area contributed by atoms with E-state index in [9.17, 15) is 19.8 Å². The lowest BCUT2D eigenvalue weighted by atomic mass is 10.0. The Morgan fingerprint density at radius 3 is 1.09 bits per heavy atom. The monoisotopic (exact) mass is 944 g/mol. The molecule has 0 radical (unpaired) electrons. The molecular formula is C61H117NO5. The maximum Gasteiger partial charge on any atom is 0.305 e. The van der Waals surface area contributed by atoms with Crippen molar-refractivity contribution in [1.29, 1.82) is 0 Å². The van der Waals surface area contributed by atoms with Crippen LogP contribution in [0, 0.1) is 0 Å². The molecule has 0 spiro atoms. The van der Waals surface area contributed by atoms with Gasteiger partial charge in [-0.3, -0.25) is 9.59 Å².